The van der Waals surface area contributed by atoms with Gasteiger partial charge < -0.3 is 10.1 Å². The Hall–Kier alpha value is -1.61. The first-order chi connectivity index (χ1) is 9.69. The lowest BCUT2D eigenvalue weighted by Gasteiger charge is -2.57. The summed E-state index contributed by atoms with van der Waals surface area (Å²) in [6, 6.07) is 10.6. The largest absolute Gasteiger partial charge is 0.374 e. The Morgan fingerprint density at radius 2 is 2.00 bits per heavy atom. The fourth-order valence-electron chi connectivity index (χ4n) is 3.49. The molecule has 2 saturated carbocycles. The lowest BCUT2D eigenvalue weighted by atomic mass is 9.53. The molecule has 0 radical (unpaired) electrons. The van der Waals surface area contributed by atoms with Gasteiger partial charge in [-0.1, -0.05) is 36.9 Å². The van der Waals surface area contributed by atoms with Crippen LogP contribution in [-0.4, -0.2) is 18.1 Å². The third-order valence-corrected chi connectivity index (χ3v) is 4.54. The Balaban J connectivity index is 1.36. The number of benzene rings is 1. The Morgan fingerprint density at radius 3 is 2.65 bits per heavy atom. The minimum atomic E-state index is -0.0546. The van der Waals surface area contributed by atoms with Crippen LogP contribution >= 0.6 is 0 Å². The molecule has 0 atom stereocenters. The van der Waals surface area contributed by atoms with Crippen LogP contribution in [0.5, 0.6) is 0 Å². The molecule has 2 aliphatic rings. The van der Waals surface area contributed by atoms with Crippen LogP contribution in [0.3, 0.4) is 0 Å². The molecule has 2 fully saturated rings. The maximum absolute atomic E-state index is 11.2. The maximum atomic E-state index is 11.2. The summed E-state index contributed by atoms with van der Waals surface area (Å²) in [5, 5.41) is 2.96. The van der Waals surface area contributed by atoms with Crippen molar-refractivity contribution in [2.45, 2.75) is 44.4 Å². The van der Waals surface area contributed by atoms with E-state index >= 15 is 0 Å². The van der Waals surface area contributed by atoms with E-state index in [9.17, 15) is 4.79 Å². The van der Waals surface area contributed by atoms with E-state index in [0.29, 0.717) is 24.2 Å². The molecule has 0 saturated heterocycles. The number of nitrogens with one attached hydrogen (secondary N) is 1. The van der Waals surface area contributed by atoms with Crippen molar-refractivity contribution in [3.8, 4) is 0 Å². The predicted molar refractivity (Wildman–Crippen MR) is 78.0 cm³/mol. The highest BCUT2D eigenvalue weighted by molar-refractivity contribution is 5.87. The number of hydrogen-bond acceptors (Lipinski definition) is 2. The highest BCUT2D eigenvalue weighted by Gasteiger charge is 2.53. The first-order valence-electron chi connectivity index (χ1n) is 7.28. The van der Waals surface area contributed by atoms with Gasteiger partial charge in [0.25, 0.3) is 0 Å². The minimum absolute atomic E-state index is 0.0546. The fourth-order valence-corrected chi connectivity index (χ4v) is 3.49. The van der Waals surface area contributed by atoms with Crippen LogP contribution < -0.4 is 5.32 Å². The molecule has 1 amide bonds. The summed E-state index contributed by atoms with van der Waals surface area (Å²) in [4.78, 5) is 11.2. The van der Waals surface area contributed by atoms with E-state index in [4.69, 9.17) is 4.74 Å². The van der Waals surface area contributed by atoms with E-state index in [-0.39, 0.29) is 5.91 Å². The van der Waals surface area contributed by atoms with Gasteiger partial charge in [0.1, 0.15) is 0 Å². The zero-order valence-corrected chi connectivity index (χ0v) is 11.7. The average molecular weight is 271 g/mol. The third-order valence-electron chi connectivity index (χ3n) is 4.54. The molecule has 1 aromatic carbocycles. The van der Waals surface area contributed by atoms with Gasteiger partial charge in [0.2, 0.25) is 5.91 Å². The molecule has 20 heavy (non-hydrogen) atoms. The number of hydrogen-bond donors (Lipinski definition) is 1. The number of rotatable bonds is 5. The van der Waals surface area contributed by atoms with Crippen molar-refractivity contribution in [3.05, 3.63) is 48.6 Å². The summed E-state index contributed by atoms with van der Waals surface area (Å²) in [5.74, 6) is -0.0546. The average Bonchev–Trinajstić information content (AvgIpc) is 2.39. The van der Waals surface area contributed by atoms with Crippen molar-refractivity contribution < 1.29 is 9.53 Å². The van der Waals surface area contributed by atoms with Gasteiger partial charge in [0.15, 0.2) is 0 Å². The Kier molecular flexibility index (Phi) is 3.62. The molecule has 3 nitrogen and oxygen atoms in total. The van der Waals surface area contributed by atoms with E-state index in [1.165, 1.54) is 11.6 Å². The molecule has 1 spiro atoms. The van der Waals surface area contributed by atoms with Crippen LogP contribution in [0.1, 0.15) is 31.2 Å². The van der Waals surface area contributed by atoms with E-state index in [1.807, 2.05) is 18.2 Å². The standard InChI is InChI=1S/C17H21NO2/c1-2-16(19)18-14-8-17(9-14)10-15(11-17)20-12-13-6-4-3-5-7-13/h2-7,14-15H,1,8-12H2,(H,18,19). The molecule has 1 N–H and O–H groups in total. The van der Waals surface area contributed by atoms with E-state index in [2.05, 4.69) is 24.0 Å². The molecule has 2 aliphatic carbocycles. The summed E-state index contributed by atoms with van der Waals surface area (Å²) in [7, 11) is 0. The highest BCUT2D eigenvalue weighted by atomic mass is 16.5. The van der Waals surface area contributed by atoms with E-state index in [0.717, 1.165) is 25.7 Å². The maximum Gasteiger partial charge on any atom is 0.243 e. The fraction of sp³-hybridized carbons (Fsp3) is 0.471. The number of carbonyl (C=O) groups is 1. The summed E-state index contributed by atoms with van der Waals surface area (Å²) in [5.41, 5.74) is 1.68. The van der Waals surface area contributed by atoms with Gasteiger partial charge in [0, 0.05) is 6.04 Å². The molecular weight excluding hydrogens is 250 g/mol. The number of carbonyl (C=O) groups excluding carboxylic acids is 1. The topological polar surface area (TPSA) is 38.3 Å². The van der Waals surface area contributed by atoms with Crippen molar-refractivity contribution in [3.63, 3.8) is 0 Å². The van der Waals surface area contributed by atoms with Gasteiger partial charge in [-0.2, -0.15) is 0 Å². The van der Waals surface area contributed by atoms with Crippen molar-refractivity contribution in [1.29, 1.82) is 0 Å². The van der Waals surface area contributed by atoms with Crippen LogP contribution in [0.2, 0.25) is 0 Å². The zero-order chi connectivity index (χ0) is 14.0. The highest BCUT2D eigenvalue weighted by Crippen LogP contribution is 2.56. The zero-order valence-electron chi connectivity index (χ0n) is 11.7. The van der Waals surface area contributed by atoms with Gasteiger partial charge in [-0.05, 0) is 42.7 Å². The lowest BCUT2D eigenvalue weighted by molar-refractivity contribution is -0.139. The van der Waals surface area contributed by atoms with Gasteiger partial charge in [0.05, 0.1) is 12.7 Å². The van der Waals surface area contributed by atoms with Crippen LogP contribution in [0.25, 0.3) is 0 Å². The van der Waals surface area contributed by atoms with Crippen LogP contribution in [0.15, 0.2) is 43.0 Å². The molecule has 0 heterocycles. The smallest absolute Gasteiger partial charge is 0.243 e. The molecule has 0 unspecified atom stereocenters. The Morgan fingerprint density at radius 1 is 1.30 bits per heavy atom. The molecule has 0 aliphatic heterocycles. The minimum Gasteiger partial charge on any atom is -0.374 e. The molecule has 3 rings (SSSR count). The second kappa shape index (κ2) is 5.41. The quantitative estimate of drug-likeness (QED) is 0.836. The van der Waals surface area contributed by atoms with Crippen LogP contribution in [0, 0.1) is 5.41 Å². The van der Waals surface area contributed by atoms with Gasteiger partial charge >= 0.3 is 0 Å². The normalized spacial score (nSPS) is 31.2. The molecule has 0 bridgehead atoms. The third kappa shape index (κ3) is 2.78. The monoisotopic (exact) mass is 271 g/mol. The van der Waals surface area contributed by atoms with Gasteiger partial charge in [-0.15, -0.1) is 0 Å². The first-order valence-corrected chi connectivity index (χ1v) is 7.28. The summed E-state index contributed by atoms with van der Waals surface area (Å²) in [6.45, 7) is 4.18. The second-order valence-electron chi connectivity index (χ2n) is 6.14. The van der Waals surface area contributed by atoms with Crippen molar-refractivity contribution in [2.75, 3.05) is 0 Å². The van der Waals surface area contributed by atoms with E-state index < -0.39 is 0 Å². The van der Waals surface area contributed by atoms with Crippen molar-refractivity contribution in [1.82, 2.24) is 5.32 Å². The second-order valence-corrected chi connectivity index (χ2v) is 6.14. The first kappa shape index (κ1) is 13.4. The van der Waals surface area contributed by atoms with Crippen LogP contribution in [-0.2, 0) is 16.1 Å². The molecule has 0 aromatic heterocycles. The predicted octanol–water partition coefficient (Wildman–Crippen LogP) is 2.82. The number of ether oxygens (including phenoxy) is 1. The van der Waals surface area contributed by atoms with E-state index in [1.54, 1.807) is 0 Å². The molecule has 3 heteroatoms. The van der Waals surface area contributed by atoms with Gasteiger partial charge in [-0.25, -0.2) is 0 Å². The molecule has 1 aromatic rings. The Bertz CT molecular complexity index is 483. The number of amides is 1. The lowest BCUT2D eigenvalue weighted by Crippen LogP contribution is -2.57. The molecule has 106 valence electrons. The SMILES string of the molecule is C=CC(=O)NC1CC2(C1)CC(OCc1ccccc1)C2. The van der Waals surface area contributed by atoms with Crippen LogP contribution in [0.4, 0.5) is 0 Å². The van der Waals surface area contributed by atoms with Crippen molar-refractivity contribution in [2.24, 2.45) is 5.41 Å². The summed E-state index contributed by atoms with van der Waals surface area (Å²) >= 11 is 0. The van der Waals surface area contributed by atoms with Gasteiger partial charge in [-0.3, -0.25) is 4.79 Å². The van der Waals surface area contributed by atoms with Crippen molar-refractivity contribution >= 4 is 5.91 Å². The summed E-state index contributed by atoms with van der Waals surface area (Å²) < 4.78 is 5.93. The molecular formula is C17H21NO2. The summed E-state index contributed by atoms with van der Waals surface area (Å²) in [6.07, 6.45) is 6.21. The Labute approximate surface area is 120 Å².